The average molecular weight is 341 g/mol. The van der Waals surface area contributed by atoms with Gasteiger partial charge >= 0.3 is 0 Å². The van der Waals surface area contributed by atoms with Crippen LogP contribution in [0.4, 0.5) is 5.69 Å². The number of Topliss-reactive ketones (excluding diaryl/α,β-unsaturated/α-hetero) is 1. The van der Waals surface area contributed by atoms with Gasteiger partial charge in [-0.3, -0.25) is 14.5 Å². The third kappa shape index (κ3) is 2.45. The van der Waals surface area contributed by atoms with Crippen LogP contribution in [0.25, 0.3) is 0 Å². The van der Waals surface area contributed by atoms with Crippen molar-refractivity contribution in [1.29, 1.82) is 0 Å². The first kappa shape index (κ1) is 16.5. The number of carbonyl (C=O) groups excluding carboxylic acids is 2. The van der Waals surface area contributed by atoms with Gasteiger partial charge in [0, 0.05) is 17.0 Å². The maximum atomic E-state index is 12.8. The van der Waals surface area contributed by atoms with E-state index in [-0.39, 0.29) is 17.8 Å². The molecule has 3 rings (SSSR count). The molecular formula is C19H19NO3S. The molecule has 1 N–H and O–H groups in total. The Morgan fingerprint density at radius 2 is 1.92 bits per heavy atom. The number of nitrogens with zero attached hydrogens (tertiary/aromatic N) is 1. The predicted octanol–water partition coefficient (Wildman–Crippen LogP) is 4.24. The van der Waals surface area contributed by atoms with Crippen LogP contribution >= 0.6 is 11.3 Å². The molecule has 0 saturated carbocycles. The summed E-state index contributed by atoms with van der Waals surface area (Å²) in [6.45, 7) is 5.61. The maximum Gasteiger partial charge on any atom is 0.294 e. The third-order valence-electron chi connectivity index (χ3n) is 4.35. The fraction of sp³-hybridized carbons (Fsp3) is 0.263. The minimum absolute atomic E-state index is 0.199. The van der Waals surface area contributed by atoms with E-state index in [1.54, 1.807) is 11.8 Å². The quantitative estimate of drug-likeness (QED) is 0.905. The van der Waals surface area contributed by atoms with Gasteiger partial charge in [-0.1, -0.05) is 25.1 Å². The molecule has 4 nitrogen and oxygen atoms in total. The van der Waals surface area contributed by atoms with Gasteiger partial charge in [0.05, 0.1) is 5.57 Å². The van der Waals surface area contributed by atoms with Crippen LogP contribution in [0.3, 0.4) is 0 Å². The van der Waals surface area contributed by atoms with E-state index in [4.69, 9.17) is 0 Å². The second-order valence-electron chi connectivity index (χ2n) is 5.87. The highest BCUT2D eigenvalue weighted by Gasteiger charge is 2.45. The zero-order valence-corrected chi connectivity index (χ0v) is 14.7. The van der Waals surface area contributed by atoms with Crippen molar-refractivity contribution < 1.29 is 14.7 Å². The topological polar surface area (TPSA) is 57.6 Å². The van der Waals surface area contributed by atoms with E-state index in [9.17, 15) is 14.7 Å². The lowest BCUT2D eigenvalue weighted by Crippen LogP contribution is -2.31. The van der Waals surface area contributed by atoms with Crippen LogP contribution in [0.5, 0.6) is 0 Å². The second-order valence-corrected chi connectivity index (χ2v) is 6.82. The van der Waals surface area contributed by atoms with Crippen LogP contribution in [-0.2, 0) is 9.59 Å². The number of carbonyl (C=O) groups is 2. The summed E-state index contributed by atoms with van der Waals surface area (Å²) >= 11 is 1.50. The summed E-state index contributed by atoms with van der Waals surface area (Å²) in [6, 6.07) is 8.91. The fourth-order valence-electron chi connectivity index (χ4n) is 3.08. The molecule has 124 valence electrons. The van der Waals surface area contributed by atoms with Gasteiger partial charge in [0.15, 0.2) is 11.5 Å². The highest BCUT2D eigenvalue weighted by molar-refractivity contribution is 7.10. The number of ketones is 1. The molecule has 24 heavy (non-hydrogen) atoms. The second kappa shape index (κ2) is 6.24. The lowest BCUT2D eigenvalue weighted by Gasteiger charge is -2.27. The molecule has 1 aromatic heterocycles. The van der Waals surface area contributed by atoms with Gasteiger partial charge in [0.25, 0.3) is 5.91 Å². The minimum atomic E-state index is -0.564. The molecule has 0 radical (unpaired) electrons. The molecule has 0 bridgehead atoms. The highest BCUT2D eigenvalue weighted by atomic mass is 32.1. The average Bonchev–Trinajstić information content (AvgIpc) is 3.09. The molecular weight excluding hydrogens is 322 g/mol. The van der Waals surface area contributed by atoms with E-state index in [1.165, 1.54) is 11.3 Å². The molecule has 1 unspecified atom stereocenters. The van der Waals surface area contributed by atoms with Crippen LogP contribution in [0.15, 0.2) is 47.0 Å². The molecule has 0 aliphatic carbocycles. The van der Waals surface area contributed by atoms with Gasteiger partial charge in [0.2, 0.25) is 0 Å². The monoisotopic (exact) mass is 341 g/mol. The van der Waals surface area contributed by atoms with Gasteiger partial charge in [-0.2, -0.15) is 0 Å². The van der Waals surface area contributed by atoms with Gasteiger partial charge < -0.3 is 5.11 Å². The molecule has 1 aromatic carbocycles. The van der Waals surface area contributed by atoms with Crippen molar-refractivity contribution in [3.63, 3.8) is 0 Å². The Bertz CT molecular complexity index is 850. The molecule has 1 aliphatic rings. The van der Waals surface area contributed by atoms with E-state index in [0.29, 0.717) is 5.69 Å². The molecule has 0 spiro atoms. The summed E-state index contributed by atoms with van der Waals surface area (Å²) in [4.78, 5) is 27.7. The number of amides is 1. The number of aliphatic hydroxyl groups is 1. The molecule has 2 heterocycles. The number of rotatable bonds is 4. The van der Waals surface area contributed by atoms with Crippen molar-refractivity contribution in [1.82, 2.24) is 0 Å². The number of benzene rings is 1. The molecule has 0 saturated heterocycles. The summed E-state index contributed by atoms with van der Waals surface area (Å²) in [6.07, 6.45) is 0.245. The standard InChI is InChI=1S/C19H19NO3S/c1-4-14(21)15-16(18-12(3)9-10-24-18)20(19(23)17(15)22)13-8-6-5-7-11(13)2/h5-10,16,22H,4H2,1-3H3. The molecule has 2 aromatic rings. The van der Waals surface area contributed by atoms with Crippen molar-refractivity contribution in [2.45, 2.75) is 33.2 Å². The van der Waals surface area contributed by atoms with E-state index >= 15 is 0 Å². The van der Waals surface area contributed by atoms with E-state index in [2.05, 4.69) is 0 Å². The summed E-state index contributed by atoms with van der Waals surface area (Å²) in [5.74, 6) is -1.14. The Morgan fingerprint density at radius 3 is 2.50 bits per heavy atom. The van der Waals surface area contributed by atoms with Crippen molar-refractivity contribution >= 4 is 28.7 Å². The fourth-order valence-corrected chi connectivity index (χ4v) is 4.10. The van der Waals surface area contributed by atoms with E-state index in [1.807, 2.05) is 49.6 Å². The Hall–Kier alpha value is -2.40. The Balaban J connectivity index is 2.23. The molecule has 1 atom stereocenters. The first-order valence-corrected chi connectivity index (χ1v) is 8.74. The number of thiophene rings is 1. The Kier molecular flexibility index (Phi) is 4.28. The number of aryl methyl sites for hydroxylation is 2. The zero-order valence-electron chi connectivity index (χ0n) is 13.9. The molecule has 5 heteroatoms. The van der Waals surface area contributed by atoms with Crippen LogP contribution in [0, 0.1) is 13.8 Å². The van der Waals surface area contributed by atoms with Crippen molar-refractivity contribution in [3.05, 3.63) is 63.0 Å². The van der Waals surface area contributed by atoms with Gasteiger partial charge in [-0.25, -0.2) is 0 Å². The number of hydrogen-bond donors (Lipinski definition) is 1. The van der Waals surface area contributed by atoms with Crippen LogP contribution in [-0.4, -0.2) is 16.8 Å². The number of aliphatic hydroxyl groups excluding tert-OH is 1. The van der Waals surface area contributed by atoms with Crippen LogP contribution in [0.2, 0.25) is 0 Å². The highest BCUT2D eigenvalue weighted by Crippen LogP contribution is 2.44. The van der Waals surface area contributed by atoms with Gasteiger partial charge in [-0.15, -0.1) is 11.3 Å². The zero-order chi connectivity index (χ0) is 17.4. The normalized spacial score (nSPS) is 17.7. The van der Waals surface area contributed by atoms with Crippen LogP contribution in [0.1, 0.15) is 35.4 Å². The molecule has 0 fully saturated rings. The maximum absolute atomic E-state index is 12.8. The van der Waals surface area contributed by atoms with E-state index in [0.717, 1.165) is 16.0 Å². The largest absolute Gasteiger partial charge is 0.503 e. The number of para-hydroxylation sites is 1. The van der Waals surface area contributed by atoms with E-state index < -0.39 is 17.7 Å². The number of hydrogen-bond acceptors (Lipinski definition) is 4. The van der Waals surface area contributed by atoms with Crippen molar-refractivity contribution in [3.8, 4) is 0 Å². The van der Waals surface area contributed by atoms with Gasteiger partial charge in [0.1, 0.15) is 6.04 Å². The SMILES string of the molecule is CCC(=O)C1=C(O)C(=O)N(c2ccccc2C)C1c1sccc1C. The number of anilines is 1. The Morgan fingerprint density at radius 1 is 1.21 bits per heavy atom. The summed E-state index contributed by atoms with van der Waals surface area (Å²) in [5, 5.41) is 12.4. The summed E-state index contributed by atoms with van der Waals surface area (Å²) in [7, 11) is 0. The first-order valence-electron chi connectivity index (χ1n) is 7.86. The van der Waals surface area contributed by atoms with Gasteiger partial charge in [-0.05, 0) is 42.5 Å². The van der Waals surface area contributed by atoms with Crippen LogP contribution < -0.4 is 4.90 Å². The molecule has 1 aliphatic heterocycles. The summed E-state index contributed by atoms with van der Waals surface area (Å²) < 4.78 is 0. The lowest BCUT2D eigenvalue weighted by molar-refractivity contribution is -0.118. The summed E-state index contributed by atoms with van der Waals surface area (Å²) in [5.41, 5.74) is 2.85. The van der Waals surface area contributed by atoms with Crippen molar-refractivity contribution in [2.24, 2.45) is 0 Å². The first-order chi connectivity index (χ1) is 11.5. The molecule has 1 amide bonds. The minimum Gasteiger partial charge on any atom is -0.503 e. The smallest absolute Gasteiger partial charge is 0.294 e. The Labute approximate surface area is 145 Å². The van der Waals surface area contributed by atoms with Crippen molar-refractivity contribution in [2.75, 3.05) is 4.90 Å². The third-order valence-corrected chi connectivity index (χ3v) is 5.43. The lowest BCUT2D eigenvalue weighted by atomic mass is 9.98. The predicted molar refractivity (Wildman–Crippen MR) is 95.4 cm³/mol.